The van der Waals surface area contributed by atoms with E-state index in [2.05, 4.69) is 104 Å². The van der Waals surface area contributed by atoms with Crippen LogP contribution in [0.25, 0.3) is 49.5 Å². The first-order chi connectivity index (χ1) is 20.6. The molecule has 3 heterocycles. The monoisotopic (exact) mass is 567 g/mol. The molecular formula is C37H37N5O. The predicted octanol–water partition coefficient (Wildman–Crippen LogP) is 7.82. The third-order valence-corrected chi connectivity index (χ3v) is 8.68. The first-order valence-electron chi connectivity index (χ1n) is 15.0. The lowest BCUT2D eigenvalue weighted by Gasteiger charge is -2.47. The van der Waals surface area contributed by atoms with Crippen molar-refractivity contribution in [1.82, 2.24) is 14.9 Å². The summed E-state index contributed by atoms with van der Waals surface area (Å²) in [5, 5.41) is 10.9. The van der Waals surface area contributed by atoms with E-state index < -0.39 is 5.91 Å². The Bertz CT molecular complexity index is 2020. The van der Waals surface area contributed by atoms with Crippen molar-refractivity contribution in [3.05, 3.63) is 103 Å². The molecule has 0 bridgehead atoms. The standard InChI is InChI=1S/C37H37N5O/c1-36(2)20-25(21-37(3,4)41-36)40-31-19-26(16-17-28(31)35(38)43)42-32-14-8-6-11-29(32)34-27(12-9-15-33(34)42)24-18-23-10-5-7-13-30(23)39-22-24/h5-19,22,25,40-41H,20-21H2,1-4H3,(H2,38,43). The minimum atomic E-state index is -0.435. The number of primary amides is 1. The van der Waals surface area contributed by atoms with E-state index in [-0.39, 0.29) is 17.1 Å². The van der Waals surface area contributed by atoms with Crippen LogP contribution in [-0.4, -0.2) is 32.6 Å². The molecule has 1 fully saturated rings. The number of nitrogens with zero attached hydrogens (tertiary/aromatic N) is 2. The van der Waals surface area contributed by atoms with Gasteiger partial charge >= 0.3 is 0 Å². The number of nitrogens with two attached hydrogens (primary N) is 1. The van der Waals surface area contributed by atoms with E-state index in [1.807, 2.05) is 36.5 Å². The van der Waals surface area contributed by atoms with Crippen molar-refractivity contribution in [2.45, 2.75) is 57.7 Å². The van der Waals surface area contributed by atoms with E-state index in [1.54, 1.807) is 0 Å². The highest BCUT2D eigenvalue weighted by atomic mass is 16.1. The number of carbonyl (C=O) groups excluding carboxylic acids is 1. The zero-order valence-electron chi connectivity index (χ0n) is 25.1. The summed E-state index contributed by atoms with van der Waals surface area (Å²) in [6.45, 7) is 8.92. The molecular weight excluding hydrogens is 530 g/mol. The number of hydrogen-bond donors (Lipinski definition) is 3. The second-order valence-corrected chi connectivity index (χ2v) is 13.2. The van der Waals surface area contributed by atoms with Gasteiger partial charge in [0, 0.05) is 56.4 Å². The van der Waals surface area contributed by atoms with Gasteiger partial charge in [0.05, 0.1) is 22.1 Å². The number of carbonyl (C=O) groups is 1. The maximum Gasteiger partial charge on any atom is 0.250 e. The van der Waals surface area contributed by atoms with Crippen LogP contribution in [-0.2, 0) is 0 Å². The number of piperidine rings is 1. The second-order valence-electron chi connectivity index (χ2n) is 13.2. The summed E-state index contributed by atoms with van der Waals surface area (Å²) in [5.74, 6) is -0.435. The predicted molar refractivity (Wildman–Crippen MR) is 178 cm³/mol. The van der Waals surface area contributed by atoms with Gasteiger partial charge in [-0.2, -0.15) is 0 Å². The van der Waals surface area contributed by atoms with E-state index in [4.69, 9.17) is 10.7 Å². The lowest BCUT2D eigenvalue weighted by Crippen LogP contribution is -2.60. The third-order valence-electron chi connectivity index (χ3n) is 8.68. The number of anilines is 1. The van der Waals surface area contributed by atoms with Crippen LogP contribution < -0.4 is 16.4 Å². The first kappa shape index (κ1) is 27.2. The summed E-state index contributed by atoms with van der Waals surface area (Å²) in [6, 6.07) is 31.5. The van der Waals surface area contributed by atoms with Crippen LogP contribution in [0.5, 0.6) is 0 Å². The van der Waals surface area contributed by atoms with Gasteiger partial charge in [-0.1, -0.05) is 48.5 Å². The average Bonchev–Trinajstić information content (AvgIpc) is 3.30. The highest BCUT2D eigenvalue weighted by molar-refractivity contribution is 6.16. The molecule has 0 saturated carbocycles. The molecule has 6 heteroatoms. The molecule has 6 aromatic rings. The normalized spacial score (nSPS) is 16.6. The van der Waals surface area contributed by atoms with Crippen LogP contribution in [0.1, 0.15) is 50.9 Å². The maximum absolute atomic E-state index is 12.6. The number of benzene rings is 4. The fourth-order valence-electron chi connectivity index (χ4n) is 7.41. The Morgan fingerprint density at radius 1 is 0.884 bits per heavy atom. The van der Waals surface area contributed by atoms with Crippen molar-refractivity contribution in [1.29, 1.82) is 0 Å². The van der Waals surface area contributed by atoms with Crippen LogP contribution in [0, 0.1) is 0 Å². The number of pyridine rings is 1. The number of para-hydroxylation sites is 2. The first-order valence-corrected chi connectivity index (χ1v) is 15.0. The molecule has 2 aromatic heterocycles. The fourth-order valence-corrected chi connectivity index (χ4v) is 7.41. The third kappa shape index (κ3) is 4.92. The van der Waals surface area contributed by atoms with Crippen LogP contribution in [0.15, 0.2) is 97.2 Å². The van der Waals surface area contributed by atoms with Crippen molar-refractivity contribution in [2.24, 2.45) is 5.73 Å². The highest BCUT2D eigenvalue weighted by Gasteiger charge is 2.38. The van der Waals surface area contributed by atoms with Crippen molar-refractivity contribution < 1.29 is 4.79 Å². The molecule has 4 aromatic carbocycles. The van der Waals surface area contributed by atoms with Crippen LogP contribution in [0.4, 0.5) is 5.69 Å². The summed E-state index contributed by atoms with van der Waals surface area (Å²) < 4.78 is 2.29. The summed E-state index contributed by atoms with van der Waals surface area (Å²) in [5.41, 5.74) is 13.4. The summed E-state index contributed by atoms with van der Waals surface area (Å²) in [4.78, 5) is 17.4. The molecule has 0 unspecified atom stereocenters. The number of nitrogens with one attached hydrogen (secondary N) is 2. The number of fused-ring (bicyclic) bond motifs is 4. The van der Waals surface area contributed by atoms with Gasteiger partial charge in [0.25, 0.3) is 5.91 Å². The Labute approximate surface area is 251 Å². The van der Waals surface area contributed by atoms with E-state index in [0.29, 0.717) is 5.56 Å². The number of amides is 1. The topological polar surface area (TPSA) is 85.0 Å². The smallest absolute Gasteiger partial charge is 0.250 e. The molecule has 6 nitrogen and oxygen atoms in total. The molecule has 0 radical (unpaired) electrons. The van der Waals surface area contributed by atoms with Gasteiger partial charge in [0.2, 0.25) is 0 Å². The van der Waals surface area contributed by atoms with E-state index >= 15 is 0 Å². The molecule has 4 N–H and O–H groups in total. The molecule has 7 rings (SSSR count). The van der Waals surface area contributed by atoms with E-state index in [9.17, 15) is 4.79 Å². The van der Waals surface area contributed by atoms with Gasteiger partial charge in [-0.3, -0.25) is 9.78 Å². The van der Waals surface area contributed by atoms with Crippen molar-refractivity contribution in [3.8, 4) is 16.8 Å². The quantitative estimate of drug-likeness (QED) is 0.198. The zero-order valence-corrected chi connectivity index (χ0v) is 25.1. The average molecular weight is 568 g/mol. The molecule has 43 heavy (non-hydrogen) atoms. The highest BCUT2D eigenvalue weighted by Crippen LogP contribution is 2.40. The number of hydrogen-bond acceptors (Lipinski definition) is 4. The lowest BCUT2D eigenvalue weighted by atomic mass is 9.79. The number of aromatic nitrogens is 2. The summed E-state index contributed by atoms with van der Waals surface area (Å²) >= 11 is 0. The van der Waals surface area contributed by atoms with Crippen molar-refractivity contribution in [3.63, 3.8) is 0 Å². The Morgan fingerprint density at radius 3 is 2.40 bits per heavy atom. The van der Waals surface area contributed by atoms with Crippen LogP contribution in [0.2, 0.25) is 0 Å². The number of rotatable bonds is 5. The summed E-state index contributed by atoms with van der Waals surface area (Å²) in [6.07, 6.45) is 3.82. The summed E-state index contributed by atoms with van der Waals surface area (Å²) in [7, 11) is 0. The second kappa shape index (κ2) is 9.96. The van der Waals surface area contributed by atoms with E-state index in [1.165, 1.54) is 5.39 Å². The molecule has 1 amide bonds. The molecule has 1 saturated heterocycles. The van der Waals surface area contributed by atoms with Gasteiger partial charge in [0.15, 0.2) is 0 Å². The van der Waals surface area contributed by atoms with Gasteiger partial charge in [-0.25, -0.2) is 0 Å². The fraction of sp³-hybridized carbons (Fsp3) is 0.243. The van der Waals surface area contributed by atoms with Gasteiger partial charge < -0.3 is 20.9 Å². The van der Waals surface area contributed by atoms with Crippen LogP contribution in [0.3, 0.4) is 0 Å². The van der Waals surface area contributed by atoms with Gasteiger partial charge in [-0.15, -0.1) is 0 Å². The van der Waals surface area contributed by atoms with Gasteiger partial charge in [-0.05, 0) is 88.6 Å². The Hall–Kier alpha value is -4.68. The lowest BCUT2D eigenvalue weighted by molar-refractivity contribution is 0.100. The Balaban J connectivity index is 1.40. The minimum Gasteiger partial charge on any atom is -0.381 e. The van der Waals surface area contributed by atoms with Crippen molar-refractivity contribution >= 4 is 44.3 Å². The SMILES string of the molecule is CC1(C)CC(Nc2cc(-n3c4ccccc4c4c(-c5cnc6ccccc6c5)cccc43)ccc2C(N)=O)CC(C)(C)N1. The van der Waals surface area contributed by atoms with Crippen LogP contribution >= 0.6 is 0 Å². The molecule has 216 valence electrons. The molecule has 0 aliphatic carbocycles. The molecule has 1 aliphatic heterocycles. The van der Waals surface area contributed by atoms with E-state index in [0.717, 1.165) is 62.7 Å². The Kier molecular flexibility index (Phi) is 6.29. The minimum absolute atomic E-state index is 0.0369. The molecule has 1 aliphatic rings. The Morgan fingerprint density at radius 2 is 1.60 bits per heavy atom. The molecule has 0 spiro atoms. The zero-order chi connectivity index (χ0) is 29.9. The largest absolute Gasteiger partial charge is 0.381 e. The molecule has 0 atom stereocenters. The van der Waals surface area contributed by atoms with Crippen molar-refractivity contribution in [2.75, 3.05) is 5.32 Å². The van der Waals surface area contributed by atoms with Gasteiger partial charge in [0.1, 0.15) is 0 Å². The maximum atomic E-state index is 12.6.